The number of ether oxygens (including phenoxy) is 1. The topological polar surface area (TPSA) is 35.0 Å². The minimum Gasteiger partial charge on any atom is -0.457 e. The average Bonchev–Trinajstić information content (AvgIpc) is 3.62. The summed E-state index contributed by atoms with van der Waals surface area (Å²) in [5.74, 6) is 2.41. The van der Waals surface area contributed by atoms with Crippen molar-refractivity contribution in [3.8, 4) is 78.8 Å². The molecule has 10 aromatic rings. The van der Waals surface area contributed by atoms with Crippen molar-refractivity contribution in [3.05, 3.63) is 241 Å². The van der Waals surface area contributed by atoms with Crippen LogP contribution in [-0.4, -0.2) is 9.97 Å². The van der Waals surface area contributed by atoms with Crippen molar-refractivity contribution in [1.82, 2.24) is 9.97 Å². The quantitative estimate of drug-likeness (QED) is 0.175. The lowest BCUT2D eigenvalue weighted by atomic mass is 9.64. The van der Waals surface area contributed by atoms with E-state index in [4.69, 9.17) is 14.7 Å². The van der Waals surface area contributed by atoms with Crippen molar-refractivity contribution in [2.24, 2.45) is 0 Å². The standard InChI is InChI=1S/C57H36N2O/c1-3-17-37(18-4-1)41-33-34-47(44-24-8-7-23-43(41)44)52-36-51(38-19-5-2-6-20-38)58-56(59-52)40-22-15-21-39(35-40)42-27-16-32-54-55(42)57(50-30-13-14-31-53(50)60-54)48-28-11-9-25-45(48)46-26-10-12-29-49(46)57/h1-36H. The number of hydrogen-bond donors (Lipinski definition) is 0. The Hall–Kier alpha value is -7.88. The Bertz CT molecular complexity index is 3250. The molecule has 0 amide bonds. The van der Waals surface area contributed by atoms with Crippen molar-refractivity contribution in [1.29, 1.82) is 0 Å². The molecular weight excluding hydrogens is 729 g/mol. The first kappa shape index (κ1) is 34.2. The van der Waals surface area contributed by atoms with Crippen LogP contribution in [0.4, 0.5) is 0 Å². The molecule has 60 heavy (non-hydrogen) atoms. The molecule has 2 aliphatic rings. The highest BCUT2D eigenvalue weighted by atomic mass is 16.5. The Morgan fingerprint density at radius 3 is 1.58 bits per heavy atom. The molecule has 0 N–H and O–H groups in total. The number of benzene rings is 9. The predicted molar refractivity (Wildman–Crippen MR) is 244 cm³/mol. The third kappa shape index (κ3) is 5.16. The maximum atomic E-state index is 6.85. The molecule has 0 saturated carbocycles. The van der Waals surface area contributed by atoms with Crippen molar-refractivity contribution >= 4 is 10.8 Å². The van der Waals surface area contributed by atoms with Crippen LogP contribution < -0.4 is 4.74 Å². The number of hydrogen-bond acceptors (Lipinski definition) is 3. The first-order chi connectivity index (χ1) is 29.8. The van der Waals surface area contributed by atoms with Gasteiger partial charge in [0.2, 0.25) is 0 Å². The van der Waals surface area contributed by atoms with E-state index >= 15 is 0 Å². The molecule has 3 nitrogen and oxygen atoms in total. The fraction of sp³-hybridized carbons (Fsp3) is 0.0175. The Labute approximate surface area is 348 Å². The Balaban J connectivity index is 1.07. The van der Waals surface area contributed by atoms with Crippen LogP contribution in [0.25, 0.3) is 78.1 Å². The largest absolute Gasteiger partial charge is 0.457 e. The summed E-state index contributed by atoms with van der Waals surface area (Å²) >= 11 is 0. The van der Waals surface area contributed by atoms with Gasteiger partial charge in [-0.1, -0.05) is 194 Å². The maximum absolute atomic E-state index is 6.85. The molecule has 0 radical (unpaired) electrons. The van der Waals surface area contributed by atoms with Gasteiger partial charge in [-0.05, 0) is 79.5 Å². The third-order valence-corrected chi connectivity index (χ3v) is 12.4. The molecule has 1 aliphatic carbocycles. The Morgan fingerprint density at radius 2 is 0.833 bits per heavy atom. The zero-order chi connectivity index (χ0) is 39.6. The van der Waals surface area contributed by atoms with Crippen LogP contribution in [0.5, 0.6) is 11.5 Å². The molecule has 0 fully saturated rings. The van der Waals surface area contributed by atoms with Crippen molar-refractivity contribution in [3.63, 3.8) is 0 Å². The van der Waals surface area contributed by atoms with Gasteiger partial charge in [0, 0.05) is 27.8 Å². The van der Waals surface area contributed by atoms with Gasteiger partial charge in [-0.25, -0.2) is 9.97 Å². The van der Waals surface area contributed by atoms with Crippen LogP contribution in [0.2, 0.25) is 0 Å². The molecule has 280 valence electrons. The van der Waals surface area contributed by atoms with Gasteiger partial charge in [0.1, 0.15) is 11.5 Å². The highest BCUT2D eigenvalue weighted by Gasteiger charge is 2.52. The van der Waals surface area contributed by atoms with Crippen LogP contribution in [0, 0.1) is 0 Å². The van der Waals surface area contributed by atoms with Crippen LogP contribution in [-0.2, 0) is 5.41 Å². The molecule has 0 atom stereocenters. The van der Waals surface area contributed by atoms with E-state index in [1.54, 1.807) is 0 Å². The fourth-order valence-electron chi connectivity index (χ4n) is 9.85. The van der Waals surface area contributed by atoms with Gasteiger partial charge < -0.3 is 4.74 Å². The highest BCUT2D eigenvalue weighted by molar-refractivity contribution is 6.05. The zero-order valence-electron chi connectivity index (χ0n) is 32.6. The monoisotopic (exact) mass is 764 g/mol. The summed E-state index contributed by atoms with van der Waals surface area (Å²) in [6, 6.07) is 77.7. The number of para-hydroxylation sites is 1. The molecule has 12 rings (SSSR count). The Kier molecular flexibility index (Phi) is 7.76. The lowest BCUT2D eigenvalue weighted by Crippen LogP contribution is -2.32. The average molecular weight is 765 g/mol. The molecule has 1 aromatic heterocycles. The van der Waals surface area contributed by atoms with Gasteiger partial charge in [-0.2, -0.15) is 0 Å². The highest BCUT2D eigenvalue weighted by Crippen LogP contribution is 2.63. The van der Waals surface area contributed by atoms with Crippen molar-refractivity contribution < 1.29 is 4.74 Å². The molecule has 2 heterocycles. The summed E-state index contributed by atoms with van der Waals surface area (Å²) in [5, 5.41) is 2.33. The predicted octanol–water partition coefficient (Wildman–Crippen LogP) is 14.4. The number of fused-ring (bicyclic) bond motifs is 10. The molecule has 0 saturated heterocycles. The smallest absolute Gasteiger partial charge is 0.160 e. The minimum absolute atomic E-state index is 0.589. The molecule has 0 bridgehead atoms. The maximum Gasteiger partial charge on any atom is 0.160 e. The second-order valence-electron chi connectivity index (χ2n) is 15.6. The minimum atomic E-state index is -0.589. The normalized spacial score (nSPS) is 12.9. The van der Waals surface area contributed by atoms with Gasteiger partial charge in [0.25, 0.3) is 0 Å². The van der Waals surface area contributed by atoms with Crippen molar-refractivity contribution in [2.75, 3.05) is 0 Å². The van der Waals surface area contributed by atoms with E-state index in [0.717, 1.165) is 67.2 Å². The Morgan fingerprint density at radius 1 is 0.317 bits per heavy atom. The first-order valence-corrected chi connectivity index (χ1v) is 20.5. The number of nitrogens with zero attached hydrogens (tertiary/aromatic N) is 2. The summed E-state index contributed by atoms with van der Waals surface area (Å²) in [5.41, 5.74) is 16.1. The SMILES string of the molecule is c1ccc(-c2cc(-c3ccc(-c4ccccc4)c4ccccc34)nc(-c3cccc(-c4cccc5c4C4(c6ccccc6O5)c5ccccc5-c5ccccc54)c3)n2)cc1. The molecular formula is C57H36N2O. The molecule has 1 spiro atoms. The van der Waals surface area contributed by atoms with E-state index in [9.17, 15) is 0 Å². The fourth-order valence-corrected chi connectivity index (χ4v) is 9.85. The van der Waals surface area contributed by atoms with Gasteiger partial charge in [-0.3, -0.25) is 0 Å². The van der Waals surface area contributed by atoms with Crippen LogP contribution in [0.15, 0.2) is 218 Å². The first-order valence-electron chi connectivity index (χ1n) is 20.5. The molecule has 9 aromatic carbocycles. The van der Waals surface area contributed by atoms with E-state index < -0.39 is 5.41 Å². The van der Waals surface area contributed by atoms with Crippen molar-refractivity contribution in [2.45, 2.75) is 5.41 Å². The second-order valence-corrected chi connectivity index (χ2v) is 15.6. The summed E-state index contributed by atoms with van der Waals surface area (Å²) in [7, 11) is 0. The van der Waals surface area contributed by atoms with Gasteiger partial charge in [0.15, 0.2) is 5.82 Å². The van der Waals surface area contributed by atoms with E-state index in [1.807, 2.05) is 6.07 Å². The summed E-state index contributed by atoms with van der Waals surface area (Å²) in [6.45, 7) is 0. The van der Waals surface area contributed by atoms with E-state index in [2.05, 4.69) is 212 Å². The van der Waals surface area contributed by atoms with Crippen LogP contribution >= 0.6 is 0 Å². The van der Waals surface area contributed by atoms with Gasteiger partial charge >= 0.3 is 0 Å². The van der Waals surface area contributed by atoms with E-state index in [-0.39, 0.29) is 0 Å². The number of rotatable bonds is 5. The second kappa shape index (κ2) is 13.6. The summed E-state index contributed by atoms with van der Waals surface area (Å²) < 4.78 is 6.85. The van der Waals surface area contributed by atoms with E-state index in [1.165, 1.54) is 38.8 Å². The molecule has 1 aliphatic heterocycles. The molecule has 0 unspecified atom stereocenters. The van der Waals surface area contributed by atoms with Gasteiger partial charge in [0.05, 0.1) is 16.8 Å². The van der Waals surface area contributed by atoms with Gasteiger partial charge in [-0.15, -0.1) is 0 Å². The lowest BCUT2D eigenvalue weighted by molar-refractivity contribution is 0.437. The number of aromatic nitrogens is 2. The summed E-state index contributed by atoms with van der Waals surface area (Å²) in [6.07, 6.45) is 0. The zero-order valence-corrected chi connectivity index (χ0v) is 32.6. The third-order valence-electron chi connectivity index (χ3n) is 12.4. The molecule has 3 heteroatoms. The van der Waals surface area contributed by atoms with Crippen LogP contribution in [0.1, 0.15) is 22.3 Å². The lowest BCUT2D eigenvalue weighted by Gasteiger charge is -2.40. The van der Waals surface area contributed by atoms with Crippen LogP contribution in [0.3, 0.4) is 0 Å². The van der Waals surface area contributed by atoms with E-state index in [0.29, 0.717) is 5.82 Å². The summed E-state index contributed by atoms with van der Waals surface area (Å²) in [4.78, 5) is 10.7.